The highest BCUT2D eigenvalue weighted by molar-refractivity contribution is 7.99. The molecule has 0 saturated carbocycles. The van der Waals surface area contributed by atoms with Gasteiger partial charge in [0.1, 0.15) is 0 Å². The Morgan fingerprint density at radius 1 is 0.750 bits per heavy atom. The Bertz CT molecular complexity index is 1590. The summed E-state index contributed by atoms with van der Waals surface area (Å²) >= 11 is 1.66. The third kappa shape index (κ3) is 6.22. The van der Waals surface area contributed by atoms with Crippen molar-refractivity contribution in [3.8, 4) is 11.1 Å². The number of fused-ring (bicyclic) bond motifs is 1. The number of imide groups is 1. The van der Waals surface area contributed by atoms with E-state index in [-0.39, 0.29) is 49.7 Å². The number of thioether (sulfide) groups is 1. The van der Waals surface area contributed by atoms with Crippen molar-refractivity contribution >= 4 is 23.6 Å². The van der Waals surface area contributed by atoms with Crippen LogP contribution < -0.4 is 0 Å². The van der Waals surface area contributed by atoms with Crippen molar-refractivity contribution in [1.29, 1.82) is 0 Å². The molecular formula is C36H35NO6S. The third-order valence-corrected chi connectivity index (χ3v) is 9.34. The Hall–Kier alpha value is -3.79. The quantitative estimate of drug-likeness (QED) is 0.164. The Morgan fingerprint density at radius 3 is 2.09 bits per heavy atom. The number of carbonyl (C=O) groups excluding carboxylic acids is 2. The van der Waals surface area contributed by atoms with E-state index >= 15 is 0 Å². The number of rotatable bonds is 10. The molecule has 0 aromatic heterocycles. The van der Waals surface area contributed by atoms with Crippen molar-refractivity contribution < 1.29 is 29.3 Å². The minimum Gasteiger partial charge on any atom is -0.396 e. The highest BCUT2D eigenvalue weighted by Crippen LogP contribution is 2.42. The third-order valence-electron chi connectivity index (χ3n) is 8.30. The molecule has 7 nitrogen and oxygen atoms in total. The molecule has 2 amide bonds. The van der Waals surface area contributed by atoms with Gasteiger partial charge in [-0.05, 0) is 46.0 Å². The van der Waals surface area contributed by atoms with Crippen LogP contribution in [0.5, 0.6) is 0 Å². The molecular weight excluding hydrogens is 574 g/mol. The first-order valence-electron chi connectivity index (χ1n) is 14.8. The summed E-state index contributed by atoms with van der Waals surface area (Å²) in [6.45, 7) is 2.45. The molecule has 0 aliphatic carbocycles. The van der Waals surface area contributed by atoms with Crippen molar-refractivity contribution in [3.63, 3.8) is 0 Å². The zero-order chi connectivity index (χ0) is 30.6. The van der Waals surface area contributed by atoms with Gasteiger partial charge in [-0.2, -0.15) is 11.8 Å². The lowest BCUT2D eigenvalue weighted by Gasteiger charge is -2.41. The summed E-state index contributed by atoms with van der Waals surface area (Å²) in [6, 6.07) is 30.7. The molecule has 8 heteroatoms. The van der Waals surface area contributed by atoms with Crippen LogP contribution in [0.3, 0.4) is 0 Å². The molecule has 2 aliphatic rings. The Balaban J connectivity index is 1.19. The van der Waals surface area contributed by atoms with Gasteiger partial charge in [0.05, 0.1) is 43.1 Å². The maximum absolute atomic E-state index is 12.9. The number of aliphatic hydroxyl groups excluding tert-OH is 2. The molecule has 0 spiro atoms. The smallest absolute Gasteiger partial charge is 0.261 e. The van der Waals surface area contributed by atoms with Gasteiger partial charge in [0.2, 0.25) is 0 Å². The molecule has 226 valence electrons. The number of hydrogen-bond acceptors (Lipinski definition) is 7. The monoisotopic (exact) mass is 609 g/mol. The summed E-state index contributed by atoms with van der Waals surface area (Å²) < 4.78 is 13.0. The average molecular weight is 610 g/mol. The molecule has 4 aromatic rings. The van der Waals surface area contributed by atoms with Crippen molar-refractivity contribution in [2.75, 3.05) is 18.1 Å². The summed E-state index contributed by atoms with van der Waals surface area (Å²) in [5, 5.41) is 18.8. The number of nitrogens with zero attached hydrogens (tertiary/aromatic N) is 1. The molecule has 2 aliphatic heterocycles. The Kier molecular flexibility index (Phi) is 9.25. The summed E-state index contributed by atoms with van der Waals surface area (Å²) in [7, 11) is 0. The number of amides is 2. The minimum atomic E-state index is -0.567. The molecule has 6 rings (SSSR count). The average Bonchev–Trinajstić information content (AvgIpc) is 3.30. The van der Waals surface area contributed by atoms with E-state index in [1.807, 2.05) is 72.8 Å². The highest BCUT2D eigenvalue weighted by Gasteiger charge is 2.38. The number of carbonyl (C=O) groups is 2. The van der Waals surface area contributed by atoms with Crippen LogP contribution in [0.1, 0.15) is 62.3 Å². The van der Waals surface area contributed by atoms with E-state index in [9.17, 15) is 19.8 Å². The van der Waals surface area contributed by atoms with Gasteiger partial charge in [0.15, 0.2) is 6.29 Å². The molecule has 2 heterocycles. The van der Waals surface area contributed by atoms with Gasteiger partial charge in [0, 0.05) is 23.0 Å². The second-order valence-electron chi connectivity index (χ2n) is 11.2. The molecule has 0 radical (unpaired) electrons. The van der Waals surface area contributed by atoms with E-state index in [0.29, 0.717) is 16.9 Å². The van der Waals surface area contributed by atoms with Crippen LogP contribution in [0.25, 0.3) is 11.1 Å². The summed E-state index contributed by atoms with van der Waals surface area (Å²) in [4.78, 5) is 27.0. The van der Waals surface area contributed by atoms with Crippen LogP contribution >= 0.6 is 11.8 Å². The van der Waals surface area contributed by atoms with E-state index in [1.54, 1.807) is 36.0 Å². The second kappa shape index (κ2) is 13.5. The zero-order valence-corrected chi connectivity index (χ0v) is 25.3. The number of benzene rings is 4. The fraction of sp³-hybridized carbons (Fsp3) is 0.278. The van der Waals surface area contributed by atoms with Gasteiger partial charge in [-0.1, -0.05) is 85.8 Å². The van der Waals surface area contributed by atoms with E-state index in [4.69, 9.17) is 9.47 Å². The molecule has 2 N–H and O–H groups in total. The van der Waals surface area contributed by atoms with Gasteiger partial charge in [-0.3, -0.25) is 14.5 Å². The molecule has 1 fully saturated rings. The van der Waals surface area contributed by atoms with Crippen molar-refractivity contribution in [3.05, 3.63) is 130 Å². The molecule has 4 unspecified atom stereocenters. The maximum Gasteiger partial charge on any atom is 0.261 e. The van der Waals surface area contributed by atoms with Gasteiger partial charge in [0.25, 0.3) is 11.8 Å². The minimum absolute atomic E-state index is 0.00839. The van der Waals surface area contributed by atoms with Gasteiger partial charge >= 0.3 is 0 Å². The SMILES string of the molecule is CC1C(CSCCO)OC(c2ccc(-c3cccc(CN4C(=O)c5ccccc5C4=O)c3)cc2)OC1c1ccc(CO)cc1. The van der Waals surface area contributed by atoms with Crippen molar-refractivity contribution in [2.45, 2.75) is 38.6 Å². The van der Waals surface area contributed by atoms with Crippen LogP contribution in [0.4, 0.5) is 0 Å². The van der Waals surface area contributed by atoms with Gasteiger partial charge in [-0.15, -0.1) is 0 Å². The number of hydrogen-bond donors (Lipinski definition) is 2. The lowest BCUT2D eigenvalue weighted by Crippen LogP contribution is -2.38. The maximum atomic E-state index is 12.9. The first kappa shape index (κ1) is 30.2. The fourth-order valence-corrected chi connectivity index (χ4v) is 6.73. The predicted octanol–water partition coefficient (Wildman–Crippen LogP) is 6.16. The molecule has 44 heavy (non-hydrogen) atoms. The summed E-state index contributed by atoms with van der Waals surface area (Å²) in [5.74, 6) is 0.942. The number of aliphatic hydroxyl groups is 2. The lowest BCUT2D eigenvalue weighted by atomic mass is 9.91. The first-order chi connectivity index (χ1) is 21.5. The largest absolute Gasteiger partial charge is 0.396 e. The van der Waals surface area contributed by atoms with Crippen LogP contribution in [0.2, 0.25) is 0 Å². The normalized spacial score (nSPS) is 21.5. The fourth-order valence-electron chi connectivity index (χ4n) is 5.82. The summed E-state index contributed by atoms with van der Waals surface area (Å²) in [5.41, 5.74) is 6.52. The van der Waals surface area contributed by atoms with Crippen LogP contribution in [0, 0.1) is 5.92 Å². The Labute approximate surface area is 261 Å². The molecule has 0 bridgehead atoms. The number of ether oxygens (including phenoxy) is 2. The second-order valence-corrected chi connectivity index (χ2v) is 12.3. The van der Waals surface area contributed by atoms with Crippen molar-refractivity contribution in [2.24, 2.45) is 5.92 Å². The standard InChI is InChI=1S/C36H35NO6S/c1-23-32(22-44-18-17-38)42-36(43-33(23)27-11-9-24(21-39)10-12-27)28-15-13-26(14-16-28)29-6-4-5-25(19-29)20-37-34(40)30-7-2-3-8-31(30)35(37)41/h2-16,19,23,32-33,36,38-39H,17-18,20-22H2,1H3. The Morgan fingerprint density at radius 2 is 1.43 bits per heavy atom. The molecule has 4 atom stereocenters. The highest BCUT2D eigenvalue weighted by atomic mass is 32.2. The van der Waals surface area contributed by atoms with Crippen molar-refractivity contribution in [1.82, 2.24) is 4.90 Å². The molecule has 1 saturated heterocycles. The van der Waals surface area contributed by atoms with Gasteiger partial charge in [-0.25, -0.2) is 0 Å². The summed E-state index contributed by atoms with van der Waals surface area (Å²) in [6.07, 6.45) is -0.839. The van der Waals surface area contributed by atoms with E-state index in [1.165, 1.54) is 4.90 Å². The van der Waals surface area contributed by atoms with E-state index < -0.39 is 6.29 Å². The zero-order valence-electron chi connectivity index (χ0n) is 24.5. The van der Waals surface area contributed by atoms with E-state index in [2.05, 4.69) is 6.92 Å². The predicted molar refractivity (Wildman–Crippen MR) is 170 cm³/mol. The van der Waals surface area contributed by atoms with Gasteiger partial charge < -0.3 is 19.7 Å². The van der Waals surface area contributed by atoms with Crippen LogP contribution in [-0.2, 0) is 22.6 Å². The topological polar surface area (TPSA) is 96.3 Å². The first-order valence-corrected chi connectivity index (χ1v) is 16.0. The molecule has 4 aromatic carbocycles. The lowest BCUT2D eigenvalue weighted by molar-refractivity contribution is -0.268. The van der Waals surface area contributed by atoms with Crippen LogP contribution in [-0.4, -0.2) is 51.1 Å². The van der Waals surface area contributed by atoms with Crippen LogP contribution in [0.15, 0.2) is 97.1 Å². The van der Waals surface area contributed by atoms with E-state index in [0.717, 1.165) is 39.1 Å².